The molecule has 2 unspecified atom stereocenters. The van der Waals surface area contributed by atoms with E-state index in [2.05, 4.69) is 12.2 Å². The van der Waals surface area contributed by atoms with Crippen LogP contribution < -0.4 is 5.32 Å². The highest BCUT2D eigenvalue weighted by atomic mass is 16.5. The van der Waals surface area contributed by atoms with E-state index < -0.39 is 5.60 Å². The summed E-state index contributed by atoms with van der Waals surface area (Å²) in [5.74, 6) is 0.861. The van der Waals surface area contributed by atoms with Gasteiger partial charge in [0.15, 0.2) is 0 Å². The first kappa shape index (κ1) is 10.4. The maximum atomic E-state index is 10.2. The third-order valence-electron chi connectivity index (χ3n) is 3.73. The molecule has 1 aliphatic heterocycles. The van der Waals surface area contributed by atoms with Gasteiger partial charge in [-0.05, 0) is 25.7 Å². The van der Waals surface area contributed by atoms with Crippen molar-refractivity contribution in [1.29, 1.82) is 0 Å². The minimum Gasteiger partial charge on any atom is -0.386 e. The predicted octanol–water partition coefficient (Wildman–Crippen LogP) is 0.914. The molecule has 0 aromatic heterocycles. The van der Waals surface area contributed by atoms with Gasteiger partial charge in [0.25, 0.3) is 0 Å². The second-order valence-corrected chi connectivity index (χ2v) is 5.02. The van der Waals surface area contributed by atoms with Crippen LogP contribution in [0.3, 0.4) is 0 Å². The van der Waals surface area contributed by atoms with Crippen LogP contribution in [0, 0.1) is 5.92 Å². The van der Waals surface area contributed by atoms with Crippen LogP contribution >= 0.6 is 0 Å². The third-order valence-corrected chi connectivity index (χ3v) is 3.73. The summed E-state index contributed by atoms with van der Waals surface area (Å²) in [6, 6.07) is 0.627. The first-order valence-corrected chi connectivity index (χ1v) is 5.67. The van der Waals surface area contributed by atoms with Gasteiger partial charge in [0.2, 0.25) is 0 Å². The third kappa shape index (κ3) is 1.95. The van der Waals surface area contributed by atoms with Crippen LogP contribution in [0.1, 0.15) is 33.1 Å². The summed E-state index contributed by atoms with van der Waals surface area (Å²) in [7, 11) is 0. The highest BCUT2D eigenvalue weighted by Gasteiger charge is 2.40. The van der Waals surface area contributed by atoms with Crippen molar-refractivity contribution < 1.29 is 9.84 Å². The number of hydrogen-bond donors (Lipinski definition) is 2. The molecule has 1 saturated heterocycles. The lowest BCUT2D eigenvalue weighted by atomic mass is 9.81. The molecule has 1 saturated carbocycles. The van der Waals surface area contributed by atoms with E-state index >= 15 is 0 Å². The molecule has 1 aliphatic carbocycles. The van der Waals surface area contributed by atoms with Gasteiger partial charge < -0.3 is 15.2 Å². The minimum absolute atomic E-state index is 0.0208. The van der Waals surface area contributed by atoms with Gasteiger partial charge >= 0.3 is 0 Å². The molecule has 2 atom stereocenters. The average molecular weight is 199 g/mol. The van der Waals surface area contributed by atoms with E-state index in [1.54, 1.807) is 0 Å². The Morgan fingerprint density at radius 3 is 2.64 bits per heavy atom. The highest BCUT2D eigenvalue weighted by Crippen LogP contribution is 2.29. The van der Waals surface area contributed by atoms with Crippen molar-refractivity contribution in [2.24, 2.45) is 5.92 Å². The minimum atomic E-state index is -0.626. The summed E-state index contributed by atoms with van der Waals surface area (Å²) < 4.78 is 5.38. The molecule has 3 nitrogen and oxygen atoms in total. The van der Waals surface area contributed by atoms with E-state index in [1.807, 2.05) is 6.92 Å². The number of hydrogen-bond acceptors (Lipinski definition) is 3. The molecule has 1 heterocycles. The molecular formula is C11H21NO2. The van der Waals surface area contributed by atoms with Gasteiger partial charge in [-0.15, -0.1) is 0 Å². The summed E-state index contributed by atoms with van der Waals surface area (Å²) >= 11 is 0. The maximum absolute atomic E-state index is 10.2. The van der Waals surface area contributed by atoms with Crippen LogP contribution in [0.2, 0.25) is 0 Å². The Hall–Kier alpha value is -0.120. The van der Waals surface area contributed by atoms with Crippen LogP contribution in [0.25, 0.3) is 0 Å². The molecule has 0 spiro atoms. The zero-order valence-corrected chi connectivity index (χ0v) is 9.12. The Kier molecular flexibility index (Phi) is 2.82. The van der Waals surface area contributed by atoms with E-state index in [-0.39, 0.29) is 6.10 Å². The summed E-state index contributed by atoms with van der Waals surface area (Å²) in [4.78, 5) is 0. The standard InChI is InChI=1S/C11H21NO2/c1-8-5-10(6-8)12-7-11(13)3-4-14-9(11)2/h8-10,12-13H,3-7H2,1-2H3. The van der Waals surface area contributed by atoms with E-state index in [9.17, 15) is 5.11 Å². The molecule has 0 aromatic rings. The number of nitrogens with one attached hydrogen (secondary N) is 1. The highest BCUT2D eigenvalue weighted by molar-refractivity contribution is 4.94. The number of ether oxygens (including phenoxy) is 1. The largest absolute Gasteiger partial charge is 0.386 e. The van der Waals surface area contributed by atoms with Crippen molar-refractivity contribution in [3.05, 3.63) is 0 Å². The fraction of sp³-hybridized carbons (Fsp3) is 1.00. The van der Waals surface area contributed by atoms with Crippen molar-refractivity contribution in [2.45, 2.75) is 50.9 Å². The summed E-state index contributed by atoms with van der Waals surface area (Å²) in [5, 5.41) is 13.6. The zero-order chi connectivity index (χ0) is 10.2. The van der Waals surface area contributed by atoms with Crippen LogP contribution in [0.15, 0.2) is 0 Å². The number of rotatable bonds is 3. The van der Waals surface area contributed by atoms with Crippen LogP contribution in [0.4, 0.5) is 0 Å². The molecular weight excluding hydrogens is 178 g/mol. The maximum Gasteiger partial charge on any atom is 0.105 e. The Labute approximate surface area is 85.8 Å². The normalized spacial score (nSPS) is 47.8. The Morgan fingerprint density at radius 2 is 2.14 bits per heavy atom. The number of aliphatic hydroxyl groups is 1. The second kappa shape index (κ2) is 3.80. The zero-order valence-electron chi connectivity index (χ0n) is 9.12. The van der Waals surface area contributed by atoms with E-state index in [1.165, 1.54) is 12.8 Å². The monoisotopic (exact) mass is 199 g/mol. The molecule has 0 amide bonds. The fourth-order valence-corrected chi connectivity index (χ4v) is 2.39. The van der Waals surface area contributed by atoms with Gasteiger partial charge in [0.05, 0.1) is 6.10 Å². The van der Waals surface area contributed by atoms with E-state index in [4.69, 9.17) is 4.74 Å². The molecule has 2 fully saturated rings. The fourth-order valence-electron chi connectivity index (χ4n) is 2.39. The Balaban J connectivity index is 1.74. The van der Waals surface area contributed by atoms with Crippen molar-refractivity contribution in [1.82, 2.24) is 5.32 Å². The Bertz CT molecular complexity index is 203. The quantitative estimate of drug-likeness (QED) is 0.710. The molecule has 14 heavy (non-hydrogen) atoms. The van der Waals surface area contributed by atoms with Crippen molar-refractivity contribution >= 4 is 0 Å². The van der Waals surface area contributed by atoms with Gasteiger partial charge in [0.1, 0.15) is 5.60 Å². The lowest BCUT2D eigenvalue weighted by Crippen LogP contribution is -2.51. The van der Waals surface area contributed by atoms with Gasteiger partial charge in [-0.3, -0.25) is 0 Å². The van der Waals surface area contributed by atoms with E-state index in [0.29, 0.717) is 19.2 Å². The lowest BCUT2D eigenvalue weighted by molar-refractivity contribution is -0.0301. The molecule has 0 aromatic carbocycles. The average Bonchev–Trinajstić information content (AvgIpc) is 2.40. The molecule has 0 bridgehead atoms. The molecule has 2 rings (SSSR count). The first-order valence-electron chi connectivity index (χ1n) is 5.67. The van der Waals surface area contributed by atoms with Crippen molar-refractivity contribution in [3.8, 4) is 0 Å². The van der Waals surface area contributed by atoms with Gasteiger partial charge in [-0.25, -0.2) is 0 Å². The van der Waals surface area contributed by atoms with Gasteiger partial charge in [-0.1, -0.05) is 6.92 Å². The first-order chi connectivity index (χ1) is 6.60. The Morgan fingerprint density at radius 1 is 1.43 bits per heavy atom. The van der Waals surface area contributed by atoms with Gasteiger partial charge in [-0.2, -0.15) is 0 Å². The molecule has 82 valence electrons. The SMILES string of the molecule is CC1CC(NCC2(O)CCOC2C)C1. The van der Waals surface area contributed by atoms with Crippen molar-refractivity contribution in [3.63, 3.8) is 0 Å². The molecule has 0 radical (unpaired) electrons. The topological polar surface area (TPSA) is 41.5 Å². The van der Waals surface area contributed by atoms with Gasteiger partial charge in [0, 0.05) is 25.6 Å². The van der Waals surface area contributed by atoms with Crippen LogP contribution in [-0.2, 0) is 4.74 Å². The summed E-state index contributed by atoms with van der Waals surface area (Å²) in [6.45, 7) is 5.61. The smallest absolute Gasteiger partial charge is 0.105 e. The second-order valence-electron chi connectivity index (χ2n) is 5.02. The summed E-state index contributed by atoms with van der Waals surface area (Å²) in [6.07, 6.45) is 3.26. The molecule has 2 aliphatic rings. The molecule has 3 heteroatoms. The molecule has 2 N–H and O–H groups in total. The van der Waals surface area contributed by atoms with Crippen LogP contribution in [-0.4, -0.2) is 36.0 Å². The lowest BCUT2D eigenvalue weighted by Gasteiger charge is -2.36. The van der Waals surface area contributed by atoms with Crippen LogP contribution in [0.5, 0.6) is 0 Å². The van der Waals surface area contributed by atoms with E-state index in [0.717, 1.165) is 12.3 Å². The predicted molar refractivity (Wildman–Crippen MR) is 55.2 cm³/mol. The summed E-state index contributed by atoms with van der Waals surface area (Å²) in [5.41, 5.74) is -0.626. The van der Waals surface area contributed by atoms with Crippen molar-refractivity contribution in [2.75, 3.05) is 13.2 Å².